The zero-order valence-electron chi connectivity index (χ0n) is 12.9. The van der Waals surface area contributed by atoms with Crippen molar-refractivity contribution < 1.29 is 0 Å². The second kappa shape index (κ2) is 5.09. The van der Waals surface area contributed by atoms with Crippen molar-refractivity contribution in [2.45, 2.75) is 26.2 Å². The van der Waals surface area contributed by atoms with Gasteiger partial charge in [0.1, 0.15) is 11.3 Å². The van der Waals surface area contributed by atoms with Gasteiger partial charge in [0.05, 0.1) is 0 Å². The van der Waals surface area contributed by atoms with Crippen molar-refractivity contribution >= 4 is 17.7 Å². The average molecular weight is 289 g/mol. The minimum atomic E-state index is 0.430. The Kier molecular flexibility index (Phi) is 3.07. The van der Waals surface area contributed by atoms with Crippen LogP contribution in [0, 0.1) is 5.92 Å². The molecule has 3 aromatic rings. The van der Waals surface area contributed by atoms with Gasteiger partial charge in [-0.1, -0.05) is 50.2 Å². The Morgan fingerprint density at radius 2 is 1.86 bits per heavy atom. The molecular formula is C19H19N3. The number of benzene rings is 1. The molecule has 0 aliphatic carbocycles. The van der Waals surface area contributed by atoms with Gasteiger partial charge in [0, 0.05) is 23.4 Å². The molecule has 3 nitrogen and oxygen atoms in total. The zero-order chi connectivity index (χ0) is 15.1. The summed E-state index contributed by atoms with van der Waals surface area (Å²) in [5.74, 6) is 1.87. The van der Waals surface area contributed by atoms with Crippen molar-refractivity contribution in [2.75, 3.05) is 0 Å². The van der Waals surface area contributed by atoms with Crippen LogP contribution in [0.1, 0.15) is 31.9 Å². The Labute approximate surface area is 130 Å². The van der Waals surface area contributed by atoms with E-state index < -0.39 is 0 Å². The first-order valence-electron chi connectivity index (χ1n) is 7.90. The molecule has 2 atom stereocenters. The predicted molar refractivity (Wildman–Crippen MR) is 91.0 cm³/mol. The van der Waals surface area contributed by atoms with Crippen molar-refractivity contribution in [3.8, 4) is 11.3 Å². The van der Waals surface area contributed by atoms with Crippen LogP contribution in [0.15, 0.2) is 53.5 Å². The van der Waals surface area contributed by atoms with Crippen LogP contribution in [0.25, 0.3) is 16.9 Å². The molecule has 1 aliphatic heterocycles. The van der Waals surface area contributed by atoms with E-state index in [1.54, 1.807) is 0 Å². The molecule has 3 heterocycles. The topological polar surface area (TPSA) is 29.7 Å². The lowest BCUT2D eigenvalue weighted by Crippen LogP contribution is -2.11. The predicted octanol–water partition coefficient (Wildman–Crippen LogP) is 4.85. The van der Waals surface area contributed by atoms with Crippen LogP contribution in [0.5, 0.6) is 0 Å². The third kappa shape index (κ3) is 1.89. The monoisotopic (exact) mass is 289 g/mol. The third-order valence-corrected chi connectivity index (χ3v) is 4.58. The zero-order valence-corrected chi connectivity index (χ0v) is 12.9. The molecule has 22 heavy (non-hydrogen) atoms. The average Bonchev–Trinajstić information content (AvgIpc) is 2.86. The first kappa shape index (κ1) is 13.3. The highest BCUT2D eigenvalue weighted by molar-refractivity contribution is 5.79. The molecule has 110 valence electrons. The van der Waals surface area contributed by atoms with Gasteiger partial charge in [0.25, 0.3) is 0 Å². The van der Waals surface area contributed by atoms with Crippen molar-refractivity contribution in [1.82, 2.24) is 9.38 Å². The molecule has 0 saturated carbocycles. The molecule has 2 aromatic heterocycles. The van der Waals surface area contributed by atoms with Crippen LogP contribution in [0.4, 0.5) is 5.82 Å². The first-order chi connectivity index (χ1) is 10.8. The molecule has 3 heteroatoms. The number of nitrogens with zero attached hydrogens (tertiary/aromatic N) is 3. The van der Waals surface area contributed by atoms with Gasteiger partial charge in [0.2, 0.25) is 0 Å². The highest BCUT2D eigenvalue weighted by atomic mass is 15.1. The molecule has 0 bridgehead atoms. The van der Waals surface area contributed by atoms with Gasteiger partial charge in [-0.3, -0.25) is 4.40 Å². The fourth-order valence-corrected chi connectivity index (χ4v) is 3.44. The van der Waals surface area contributed by atoms with Crippen LogP contribution in [-0.2, 0) is 0 Å². The fourth-order valence-electron chi connectivity index (χ4n) is 3.44. The normalized spacial score (nSPS) is 20.3. The minimum Gasteiger partial charge on any atom is -0.281 e. The summed E-state index contributed by atoms with van der Waals surface area (Å²) in [5, 5.41) is 0. The van der Waals surface area contributed by atoms with E-state index in [0.717, 1.165) is 29.1 Å². The molecule has 1 aromatic carbocycles. The van der Waals surface area contributed by atoms with Crippen LogP contribution < -0.4 is 0 Å². The molecule has 0 N–H and O–H groups in total. The van der Waals surface area contributed by atoms with Crippen molar-refractivity contribution in [2.24, 2.45) is 10.9 Å². The second-order valence-corrected chi connectivity index (χ2v) is 5.95. The van der Waals surface area contributed by atoms with E-state index in [1.165, 1.54) is 5.69 Å². The number of pyridine rings is 1. The fraction of sp³-hybridized carbons (Fsp3) is 0.263. The Balaban J connectivity index is 2.06. The molecule has 1 aliphatic rings. The number of hydrogen-bond acceptors (Lipinski definition) is 2. The second-order valence-electron chi connectivity index (χ2n) is 5.95. The van der Waals surface area contributed by atoms with E-state index >= 15 is 0 Å². The lowest BCUT2D eigenvalue weighted by Gasteiger charge is -2.19. The molecule has 0 fully saturated rings. The summed E-state index contributed by atoms with van der Waals surface area (Å²) in [6.07, 6.45) is 3.19. The summed E-state index contributed by atoms with van der Waals surface area (Å²) in [5.41, 5.74) is 4.38. The summed E-state index contributed by atoms with van der Waals surface area (Å²) in [6, 6.07) is 16.7. The molecule has 4 rings (SSSR count). The standard InChI is InChI=1S/C19H19N3/c1-3-15-13(2)12-20-19-18(14-8-5-4-6-9-14)21-17-11-7-10-16(15)22(17)19/h4-13,15H,3H2,1-2H3. The van der Waals surface area contributed by atoms with E-state index in [0.29, 0.717) is 11.8 Å². The largest absolute Gasteiger partial charge is 0.281 e. The summed E-state index contributed by atoms with van der Waals surface area (Å²) in [6.45, 7) is 4.49. The van der Waals surface area contributed by atoms with E-state index in [-0.39, 0.29) is 0 Å². The quantitative estimate of drug-likeness (QED) is 0.663. The Morgan fingerprint density at radius 3 is 2.64 bits per heavy atom. The van der Waals surface area contributed by atoms with E-state index in [4.69, 9.17) is 9.98 Å². The van der Waals surface area contributed by atoms with Gasteiger partial charge < -0.3 is 0 Å². The number of aromatic nitrogens is 2. The lowest BCUT2D eigenvalue weighted by molar-refractivity contribution is 0.551. The van der Waals surface area contributed by atoms with Crippen molar-refractivity contribution in [3.05, 3.63) is 54.2 Å². The van der Waals surface area contributed by atoms with E-state index in [9.17, 15) is 0 Å². The van der Waals surface area contributed by atoms with Crippen molar-refractivity contribution in [1.29, 1.82) is 0 Å². The van der Waals surface area contributed by atoms with Crippen molar-refractivity contribution in [3.63, 3.8) is 0 Å². The number of aliphatic imine (C=N–C) groups is 1. The Morgan fingerprint density at radius 1 is 1.05 bits per heavy atom. The maximum absolute atomic E-state index is 4.84. The smallest absolute Gasteiger partial charge is 0.165 e. The van der Waals surface area contributed by atoms with Crippen LogP contribution in [0.2, 0.25) is 0 Å². The lowest BCUT2D eigenvalue weighted by atomic mass is 9.89. The summed E-state index contributed by atoms with van der Waals surface area (Å²) >= 11 is 0. The van der Waals surface area contributed by atoms with Gasteiger partial charge in [-0.15, -0.1) is 0 Å². The SMILES string of the molecule is CCC1c2cccc3nc(-c4ccccc4)c(n23)N=CC1C. The van der Waals surface area contributed by atoms with Gasteiger partial charge in [-0.05, 0) is 24.5 Å². The molecule has 0 radical (unpaired) electrons. The third-order valence-electron chi connectivity index (χ3n) is 4.58. The van der Waals surface area contributed by atoms with Crippen LogP contribution in [-0.4, -0.2) is 15.6 Å². The van der Waals surface area contributed by atoms with Gasteiger partial charge in [-0.2, -0.15) is 0 Å². The van der Waals surface area contributed by atoms with Gasteiger partial charge in [0.15, 0.2) is 5.82 Å². The Bertz CT molecular complexity index is 846. The minimum absolute atomic E-state index is 0.430. The maximum Gasteiger partial charge on any atom is 0.165 e. The highest BCUT2D eigenvalue weighted by Crippen LogP contribution is 2.38. The summed E-state index contributed by atoms with van der Waals surface area (Å²) < 4.78 is 2.23. The first-order valence-corrected chi connectivity index (χ1v) is 7.90. The summed E-state index contributed by atoms with van der Waals surface area (Å²) in [7, 11) is 0. The van der Waals surface area contributed by atoms with Crippen LogP contribution in [0.3, 0.4) is 0 Å². The van der Waals surface area contributed by atoms with E-state index in [2.05, 4.69) is 54.8 Å². The highest BCUT2D eigenvalue weighted by Gasteiger charge is 2.25. The summed E-state index contributed by atoms with van der Waals surface area (Å²) in [4.78, 5) is 9.64. The molecule has 0 amide bonds. The van der Waals surface area contributed by atoms with Crippen LogP contribution >= 0.6 is 0 Å². The molecule has 0 spiro atoms. The van der Waals surface area contributed by atoms with Gasteiger partial charge >= 0.3 is 0 Å². The maximum atomic E-state index is 4.84. The number of rotatable bonds is 2. The molecular weight excluding hydrogens is 270 g/mol. The molecule has 0 saturated heterocycles. The van der Waals surface area contributed by atoms with Gasteiger partial charge in [-0.25, -0.2) is 9.98 Å². The number of hydrogen-bond donors (Lipinski definition) is 0. The number of imidazole rings is 1. The van der Waals surface area contributed by atoms with E-state index in [1.807, 2.05) is 18.2 Å². The Hall–Kier alpha value is -2.42. The molecule has 2 unspecified atom stereocenters.